The molecule has 0 amide bonds. The van der Waals surface area contributed by atoms with Crippen molar-refractivity contribution >= 4 is 29.2 Å². The van der Waals surface area contributed by atoms with E-state index >= 15 is 0 Å². The third-order valence-corrected chi connectivity index (χ3v) is 4.54. The molecule has 1 saturated carbocycles. The molecule has 1 aromatic carbocycles. The lowest BCUT2D eigenvalue weighted by molar-refractivity contribution is -0.139. The first-order valence-corrected chi connectivity index (χ1v) is 6.73. The molecule has 7 heteroatoms. The fraction of sp³-hybridized carbons (Fsp3) is 0.308. The van der Waals surface area contributed by atoms with Crippen LogP contribution in [0.5, 0.6) is 5.75 Å². The van der Waals surface area contributed by atoms with Crippen LogP contribution in [-0.4, -0.2) is 25.1 Å². The maximum atomic E-state index is 12.0. The van der Waals surface area contributed by atoms with Crippen LogP contribution >= 0.6 is 23.2 Å². The van der Waals surface area contributed by atoms with Crippen LogP contribution in [0, 0.1) is 5.41 Å². The average molecular weight is 312 g/mol. The number of carbonyl (C=O) groups is 1. The molecule has 0 radical (unpaired) electrons. The highest BCUT2D eigenvalue weighted by molar-refractivity contribution is 6.53. The fourth-order valence-corrected chi connectivity index (χ4v) is 2.54. The standard InChI is InChI=1S/C13H11Cl2N3O2/c1-12(6-13(12,14)15)11(19)20-10-4-2-9(3-5-10)18-8-16-7-17-18/h2-5,7-8H,6H2,1H3/t12-/m0/s1. The summed E-state index contributed by atoms with van der Waals surface area (Å²) in [6.07, 6.45) is 3.43. The Hall–Kier alpha value is -1.59. The van der Waals surface area contributed by atoms with E-state index < -0.39 is 15.7 Å². The molecule has 1 fully saturated rings. The van der Waals surface area contributed by atoms with Crippen molar-refractivity contribution < 1.29 is 9.53 Å². The summed E-state index contributed by atoms with van der Waals surface area (Å²) in [5, 5.41) is 4.01. The van der Waals surface area contributed by atoms with Gasteiger partial charge in [0.1, 0.15) is 28.2 Å². The van der Waals surface area contributed by atoms with Crippen LogP contribution in [0.3, 0.4) is 0 Å². The summed E-state index contributed by atoms with van der Waals surface area (Å²) in [5.74, 6) is 0.0205. The molecule has 5 nitrogen and oxygen atoms in total. The van der Waals surface area contributed by atoms with Gasteiger partial charge in [0.2, 0.25) is 0 Å². The predicted molar refractivity (Wildman–Crippen MR) is 74.2 cm³/mol. The van der Waals surface area contributed by atoms with Crippen LogP contribution in [0.25, 0.3) is 5.69 Å². The Kier molecular flexibility index (Phi) is 2.99. The molecule has 0 unspecified atom stereocenters. The van der Waals surface area contributed by atoms with Gasteiger partial charge in [0.15, 0.2) is 0 Å². The summed E-state index contributed by atoms with van der Waals surface area (Å²) in [4.78, 5) is 15.9. The molecule has 2 aromatic rings. The van der Waals surface area contributed by atoms with E-state index in [0.717, 1.165) is 5.69 Å². The Balaban J connectivity index is 1.72. The summed E-state index contributed by atoms with van der Waals surface area (Å²) < 4.78 is 5.88. The van der Waals surface area contributed by atoms with Gasteiger partial charge in [0.25, 0.3) is 0 Å². The molecular formula is C13H11Cl2N3O2. The zero-order chi connectivity index (χ0) is 14.4. The van der Waals surface area contributed by atoms with Crippen LogP contribution in [0.4, 0.5) is 0 Å². The van der Waals surface area contributed by atoms with Crippen LogP contribution in [0.2, 0.25) is 0 Å². The third kappa shape index (κ3) is 2.17. The van der Waals surface area contributed by atoms with Gasteiger partial charge in [-0.3, -0.25) is 4.79 Å². The summed E-state index contributed by atoms with van der Waals surface area (Å²) >= 11 is 11.9. The average Bonchev–Trinajstić information content (AvgIpc) is 2.83. The zero-order valence-corrected chi connectivity index (χ0v) is 12.1. The number of nitrogens with zero attached hydrogens (tertiary/aromatic N) is 3. The van der Waals surface area contributed by atoms with Gasteiger partial charge in [-0.25, -0.2) is 9.67 Å². The van der Waals surface area contributed by atoms with Crippen LogP contribution in [-0.2, 0) is 4.79 Å². The lowest BCUT2D eigenvalue weighted by atomic mass is 10.1. The molecule has 1 atom stereocenters. The van der Waals surface area contributed by atoms with E-state index in [2.05, 4.69) is 10.1 Å². The number of esters is 1. The number of carbonyl (C=O) groups excluding carboxylic acids is 1. The van der Waals surface area contributed by atoms with Gasteiger partial charge in [0.05, 0.1) is 5.69 Å². The summed E-state index contributed by atoms with van der Waals surface area (Å²) in [5.41, 5.74) is -0.00954. The maximum absolute atomic E-state index is 12.0. The Morgan fingerprint density at radius 1 is 1.35 bits per heavy atom. The second kappa shape index (κ2) is 4.46. The molecule has 0 spiro atoms. The van der Waals surface area contributed by atoms with Gasteiger partial charge < -0.3 is 4.74 Å². The minimum atomic E-state index is -1.02. The Bertz CT molecular complexity index is 640. The zero-order valence-electron chi connectivity index (χ0n) is 10.6. The smallest absolute Gasteiger partial charge is 0.320 e. The first-order chi connectivity index (χ1) is 9.42. The molecule has 1 aliphatic carbocycles. The number of rotatable bonds is 3. The highest BCUT2D eigenvalue weighted by atomic mass is 35.5. The van der Waals surface area contributed by atoms with Crippen molar-refractivity contribution in [2.45, 2.75) is 17.7 Å². The van der Waals surface area contributed by atoms with Gasteiger partial charge in [-0.2, -0.15) is 5.10 Å². The number of hydrogen-bond acceptors (Lipinski definition) is 4. The molecule has 20 heavy (non-hydrogen) atoms. The van der Waals surface area contributed by atoms with E-state index in [1.807, 2.05) is 0 Å². The Morgan fingerprint density at radius 3 is 2.50 bits per heavy atom. The summed E-state index contributed by atoms with van der Waals surface area (Å²) in [6.45, 7) is 1.69. The number of benzene rings is 1. The highest BCUT2D eigenvalue weighted by Gasteiger charge is 2.69. The van der Waals surface area contributed by atoms with Crippen molar-refractivity contribution in [3.63, 3.8) is 0 Å². The topological polar surface area (TPSA) is 57.0 Å². The van der Waals surface area contributed by atoms with E-state index in [4.69, 9.17) is 27.9 Å². The molecule has 1 heterocycles. The molecule has 0 N–H and O–H groups in total. The van der Waals surface area contributed by atoms with Crippen LogP contribution in [0.15, 0.2) is 36.9 Å². The molecule has 1 aromatic heterocycles. The number of alkyl halides is 2. The summed E-state index contributed by atoms with van der Waals surface area (Å²) in [7, 11) is 0. The van der Waals surface area contributed by atoms with Gasteiger partial charge in [0, 0.05) is 6.42 Å². The summed E-state index contributed by atoms with van der Waals surface area (Å²) in [6, 6.07) is 6.93. The third-order valence-electron chi connectivity index (χ3n) is 3.44. The lowest BCUT2D eigenvalue weighted by Gasteiger charge is -2.11. The van der Waals surface area contributed by atoms with Crippen molar-refractivity contribution in [2.75, 3.05) is 0 Å². The Labute approximate surface area is 125 Å². The second-order valence-electron chi connectivity index (χ2n) is 4.94. The van der Waals surface area contributed by atoms with E-state index in [-0.39, 0.29) is 0 Å². The molecular weight excluding hydrogens is 301 g/mol. The minimum Gasteiger partial charge on any atom is -0.426 e. The number of aromatic nitrogens is 3. The largest absolute Gasteiger partial charge is 0.426 e. The van der Waals surface area contributed by atoms with Gasteiger partial charge in [-0.15, -0.1) is 23.2 Å². The van der Waals surface area contributed by atoms with E-state index in [9.17, 15) is 4.79 Å². The SMILES string of the molecule is C[C@@]1(C(=O)Oc2ccc(-n3cncn3)cc2)CC1(Cl)Cl. The molecule has 0 aliphatic heterocycles. The minimum absolute atomic E-state index is 0.402. The first-order valence-electron chi connectivity index (χ1n) is 5.98. The number of hydrogen-bond donors (Lipinski definition) is 0. The van der Waals surface area contributed by atoms with E-state index in [1.54, 1.807) is 42.2 Å². The predicted octanol–water partition coefficient (Wildman–Crippen LogP) is 2.76. The first kappa shape index (κ1) is 13.4. The van der Waals surface area contributed by atoms with Gasteiger partial charge in [-0.05, 0) is 31.2 Å². The van der Waals surface area contributed by atoms with E-state index in [1.165, 1.54) is 6.33 Å². The molecule has 0 bridgehead atoms. The van der Waals surface area contributed by atoms with Crippen LogP contribution in [0.1, 0.15) is 13.3 Å². The van der Waals surface area contributed by atoms with Crippen molar-refractivity contribution in [1.29, 1.82) is 0 Å². The van der Waals surface area contributed by atoms with Crippen LogP contribution < -0.4 is 4.74 Å². The normalized spacial score (nSPS) is 23.4. The van der Waals surface area contributed by atoms with Crippen molar-refractivity contribution in [1.82, 2.24) is 14.8 Å². The molecule has 0 saturated heterocycles. The van der Waals surface area contributed by atoms with Gasteiger partial charge >= 0.3 is 5.97 Å². The number of ether oxygens (including phenoxy) is 1. The highest BCUT2D eigenvalue weighted by Crippen LogP contribution is 2.64. The van der Waals surface area contributed by atoms with Crippen molar-refractivity contribution in [2.24, 2.45) is 5.41 Å². The Morgan fingerprint density at radius 2 is 2.00 bits per heavy atom. The van der Waals surface area contributed by atoms with Crippen molar-refractivity contribution in [3.05, 3.63) is 36.9 Å². The molecule has 3 rings (SSSR count). The fourth-order valence-electron chi connectivity index (χ4n) is 1.85. The van der Waals surface area contributed by atoms with Crippen molar-refractivity contribution in [3.8, 4) is 11.4 Å². The quantitative estimate of drug-likeness (QED) is 0.497. The lowest BCUT2D eigenvalue weighted by Crippen LogP contribution is -2.23. The maximum Gasteiger partial charge on any atom is 0.320 e. The van der Waals surface area contributed by atoms with Gasteiger partial charge in [-0.1, -0.05) is 0 Å². The molecule has 1 aliphatic rings. The second-order valence-corrected chi connectivity index (χ2v) is 6.42. The molecule has 104 valence electrons. The number of halogens is 2. The monoisotopic (exact) mass is 311 g/mol. The van der Waals surface area contributed by atoms with E-state index in [0.29, 0.717) is 12.2 Å².